The number of hydrogen-bond donors (Lipinski definition) is 2. The van der Waals surface area contributed by atoms with Gasteiger partial charge >= 0.3 is 0 Å². The summed E-state index contributed by atoms with van der Waals surface area (Å²) in [7, 11) is 0. The van der Waals surface area contributed by atoms with E-state index in [-0.39, 0.29) is 5.91 Å². The fourth-order valence-corrected chi connectivity index (χ4v) is 3.80. The van der Waals surface area contributed by atoms with Crippen molar-refractivity contribution in [1.29, 1.82) is 0 Å². The SMILES string of the molecule is O=C(NCCc1c[nH]c2ccccc12)c1ccc2sc(Cl)nc2c1. The van der Waals surface area contributed by atoms with Crippen molar-refractivity contribution in [3.8, 4) is 0 Å². The number of amides is 1. The van der Waals surface area contributed by atoms with Gasteiger partial charge in [-0.25, -0.2) is 4.98 Å². The minimum Gasteiger partial charge on any atom is -0.361 e. The van der Waals surface area contributed by atoms with Crippen molar-refractivity contribution in [3.05, 3.63) is 64.3 Å². The monoisotopic (exact) mass is 355 g/mol. The predicted molar refractivity (Wildman–Crippen MR) is 99.0 cm³/mol. The van der Waals surface area contributed by atoms with Gasteiger partial charge in [-0.3, -0.25) is 4.79 Å². The van der Waals surface area contributed by atoms with Crippen LogP contribution in [0, 0.1) is 0 Å². The Labute approximate surface area is 147 Å². The number of rotatable bonds is 4. The van der Waals surface area contributed by atoms with Gasteiger partial charge in [-0.2, -0.15) is 0 Å². The van der Waals surface area contributed by atoms with E-state index < -0.39 is 0 Å². The number of aromatic amines is 1. The number of thiazole rings is 1. The van der Waals surface area contributed by atoms with Crippen LogP contribution in [0.25, 0.3) is 21.1 Å². The molecule has 4 nitrogen and oxygen atoms in total. The Hall–Kier alpha value is -2.37. The average molecular weight is 356 g/mol. The van der Waals surface area contributed by atoms with E-state index in [1.807, 2.05) is 30.5 Å². The number of nitrogens with zero attached hydrogens (tertiary/aromatic N) is 1. The van der Waals surface area contributed by atoms with Crippen molar-refractivity contribution in [1.82, 2.24) is 15.3 Å². The molecular formula is C18H14ClN3OS. The quantitative estimate of drug-likeness (QED) is 0.570. The van der Waals surface area contributed by atoms with Gasteiger partial charge in [0.05, 0.1) is 10.2 Å². The van der Waals surface area contributed by atoms with Crippen molar-refractivity contribution in [3.63, 3.8) is 0 Å². The average Bonchev–Trinajstić information content (AvgIpc) is 3.16. The lowest BCUT2D eigenvalue weighted by Crippen LogP contribution is -2.25. The first-order valence-electron chi connectivity index (χ1n) is 7.60. The van der Waals surface area contributed by atoms with Crippen molar-refractivity contribution in [2.24, 2.45) is 0 Å². The number of H-pyrrole nitrogens is 1. The molecule has 0 spiro atoms. The van der Waals surface area contributed by atoms with Crippen LogP contribution in [0.2, 0.25) is 4.47 Å². The van der Waals surface area contributed by atoms with Crippen LogP contribution in [0.5, 0.6) is 0 Å². The Bertz CT molecular complexity index is 1040. The largest absolute Gasteiger partial charge is 0.361 e. The first kappa shape index (κ1) is 15.2. The number of carbonyl (C=O) groups is 1. The van der Waals surface area contributed by atoms with Gasteiger partial charge in [0.15, 0.2) is 4.47 Å². The number of nitrogens with one attached hydrogen (secondary N) is 2. The summed E-state index contributed by atoms with van der Waals surface area (Å²) in [5.41, 5.74) is 3.68. The smallest absolute Gasteiger partial charge is 0.251 e. The van der Waals surface area contributed by atoms with Crippen molar-refractivity contribution in [2.75, 3.05) is 6.54 Å². The van der Waals surface area contributed by atoms with E-state index in [9.17, 15) is 4.79 Å². The van der Waals surface area contributed by atoms with E-state index in [4.69, 9.17) is 11.6 Å². The summed E-state index contributed by atoms with van der Waals surface area (Å²) in [4.78, 5) is 19.8. The van der Waals surface area contributed by atoms with E-state index in [1.165, 1.54) is 22.3 Å². The van der Waals surface area contributed by atoms with Crippen LogP contribution < -0.4 is 5.32 Å². The first-order chi connectivity index (χ1) is 11.7. The number of carbonyl (C=O) groups excluding carboxylic acids is 1. The highest BCUT2D eigenvalue weighted by Crippen LogP contribution is 2.26. The molecule has 0 radical (unpaired) electrons. The van der Waals surface area contributed by atoms with Crippen LogP contribution in [-0.4, -0.2) is 22.4 Å². The number of halogens is 1. The second-order valence-electron chi connectivity index (χ2n) is 5.51. The maximum atomic E-state index is 12.3. The van der Waals surface area contributed by atoms with Gasteiger partial charge in [0.25, 0.3) is 5.91 Å². The van der Waals surface area contributed by atoms with Crippen LogP contribution in [0.1, 0.15) is 15.9 Å². The van der Waals surface area contributed by atoms with Crippen LogP contribution >= 0.6 is 22.9 Å². The fraction of sp³-hybridized carbons (Fsp3) is 0.111. The zero-order valence-electron chi connectivity index (χ0n) is 12.7. The normalized spacial score (nSPS) is 11.2. The van der Waals surface area contributed by atoms with Gasteiger partial charge in [-0.1, -0.05) is 29.8 Å². The number of benzene rings is 2. The van der Waals surface area contributed by atoms with Crippen LogP contribution in [0.3, 0.4) is 0 Å². The second-order valence-corrected chi connectivity index (χ2v) is 7.13. The highest BCUT2D eigenvalue weighted by Gasteiger charge is 2.09. The molecule has 2 N–H and O–H groups in total. The van der Waals surface area contributed by atoms with Gasteiger partial charge in [0, 0.05) is 29.2 Å². The summed E-state index contributed by atoms with van der Waals surface area (Å²) >= 11 is 7.32. The molecule has 0 saturated heterocycles. The number of hydrogen-bond acceptors (Lipinski definition) is 3. The van der Waals surface area contributed by atoms with Crippen molar-refractivity contribution >= 4 is 50.0 Å². The van der Waals surface area contributed by atoms with Crippen LogP contribution in [0.4, 0.5) is 0 Å². The molecule has 2 heterocycles. The summed E-state index contributed by atoms with van der Waals surface area (Å²) in [6.45, 7) is 0.580. The molecule has 2 aromatic heterocycles. The van der Waals surface area contributed by atoms with E-state index in [1.54, 1.807) is 12.1 Å². The molecule has 2 aromatic carbocycles. The topological polar surface area (TPSA) is 57.8 Å². The van der Waals surface area contributed by atoms with Crippen LogP contribution in [0.15, 0.2) is 48.7 Å². The Kier molecular flexibility index (Phi) is 3.96. The highest BCUT2D eigenvalue weighted by molar-refractivity contribution is 7.22. The van der Waals surface area contributed by atoms with Crippen molar-refractivity contribution < 1.29 is 4.79 Å². The maximum absolute atomic E-state index is 12.3. The molecule has 4 aromatic rings. The maximum Gasteiger partial charge on any atom is 0.251 e. The van der Waals surface area contributed by atoms with Crippen LogP contribution in [-0.2, 0) is 6.42 Å². The van der Waals surface area contributed by atoms with E-state index in [0.29, 0.717) is 16.6 Å². The molecule has 0 saturated carbocycles. The van der Waals surface area contributed by atoms with E-state index in [2.05, 4.69) is 21.4 Å². The number of fused-ring (bicyclic) bond motifs is 2. The van der Waals surface area contributed by atoms with E-state index >= 15 is 0 Å². The molecule has 1 amide bonds. The summed E-state index contributed by atoms with van der Waals surface area (Å²) in [5.74, 6) is -0.0964. The van der Waals surface area contributed by atoms with Gasteiger partial charge < -0.3 is 10.3 Å². The zero-order valence-corrected chi connectivity index (χ0v) is 14.2. The Morgan fingerprint density at radius 2 is 2.12 bits per heavy atom. The first-order valence-corrected chi connectivity index (χ1v) is 8.79. The van der Waals surface area contributed by atoms with Gasteiger partial charge in [-0.15, -0.1) is 11.3 Å². The molecule has 24 heavy (non-hydrogen) atoms. The summed E-state index contributed by atoms with van der Waals surface area (Å²) in [6.07, 6.45) is 2.78. The molecule has 0 unspecified atom stereocenters. The summed E-state index contributed by atoms with van der Waals surface area (Å²) in [5, 5.41) is 4.16. The standard InChI is InChI=1S/C18H14ClN3OS/c19-18-22-15-9-11(5-6-16(15)24-18)17(23)20-8-7-12-10-21-14-4-2-1-3-13(12)14/h1-6,9-10,21H,7-8H2,(H,20,23). The fourth-order valence-electron chi connectivity index (χ4n) is 2.79. The third-order valence-electron chi connectivity index (χ3n) is 3.98. The molecule has 0 aliphatic heterocycles. The predicted octanol–water partition coefficient (Wildman–Crippen LogP) is 4.40. The minimum absolute atomic E-state index is 0.0964. The lowest BCUT2D eigenvalue weighted by atomic mass is 10.1. The molecule has 4 rings (SSSR count). The Morgan fingerprint density at radius 1 is 1.25 bits per heavy atom. The molecule has 6 heteroatoms. The van der Waals surface area contributed by atoms with Gasteiger partial charge in [-0.05, 0) is 36.2 Å². The molecule has 0 fully saturated rings. The molecule has 0 atom stereocenters. The summed E-state index contributed by atoms with van der Waals surface area (Å²) < 4.78 is 1.47. The van der Waals surface area contributed by atoms with Crippen molar-refractivity contribution in [2.45, 2.75) is 6.42 Å². The number of para-hydroxylation sites is 1. The second kappa shape index (κ2) is 6.26. The third kappa shape index (κ3) is 2.88. The lowest BCUT2D eigenvalue weighted by Gasteiger charge is -2.05. The minimum atomic E-state index is -0.0964. The molecular weight excluding hydrogens is 342 g/mol. The molecule has 120 valence electrons. The van der Waals surface area contributed by atoms with Gasteiger partial charge in [0.1, 0.15) is 0 Å². The molecule has 0 aliphatic carbocycles. The van der Waals surface area contributed by atoms with E-state index in [0.717, 1.165) is 22.2 Å². The molecule has 0 bridgehead atoms. The molecule has 0 aliphatic rings. The lowest BCUT2D eigenvalue weighted by molar-refractivity contribution is 0.0954. The zero-order chi connectivity index (χ0) is 16.5. The highest BCUT2D eigenvalue weighted by atomic mass is 35.5. The van der Waals surface area contributed by atoms with Gasteiger partial charge in [0.2, 0.25) is 0 Å². The summed E-state index contributed by atoms with van der Waals surface area (Å²) in [6, 6.07) is 13.6. The Balaban J connectivity index is 1.44. The Morgan fingerprint density at radius 3 is 3.04 bits per heavy atom. The third-order valence-corrected chi connectivity index (χ3v) is 5.12. The number of aromatic nitrogens is 2.